The van der Waals surface area contributed by atoms with Crippen molar-refractivity contribution in [2.75, 3.05) is 35.7 Å². The largest absolute Gasteiger partial charge is 0.474 e. The summed E-state index contributed by atoms with van der Waals surface area (Å²) < 4.78 is 5.88. The molecule has 34 heavy (non-hydrogen) atoms. The number of hydrogen-bond acceptors (Lipinski definition) is 5. The maximum atomic E-state index is 12.4. The predicted molar refractivity (Wildman–Crippen MR) is 139 cm³/mol. The normalized spacial score (nSPS) is 18.6. The Balaban J connectivity index is 1.25. The number of pyridine rings is 1. The second-order valence-corrected chi connectivity index (χ2v) is 9.56. The molecule has 7 nitrogen and oxygen atoms in total. The molecule has 1 aliphatic carbocycles. The lowest BCUT2D eigenvalue weighted by atomic mass is 10.1. The first kappa shape index (κ1) is 24.3. The second kappa shape index (κ2) is 11.6. The Hall–Kier alpha value is -2.80. The molecule has 1 aliphatic heterocycles. The van der Waals surface area contributed by atoms with Crippen LogP contribution < -0.4 is 20.3 Å². The van der Waals surface area contributed by atoms with Crippen LogP contribution >= 0.6 is 0 Å². The summed E-state index contributed by atoms with van der Waals surface area (Å²) in [5.41, 5.74) is 2.60. The second-order valence-electron chi connectivity index (χ2n) is 9.56. The van der Waals surface area contributed by atoms with E-state index in [-0.39, 0.29) is 12.1 Å². The third-order valence-electron chi connectivity index (χ3n) is 7.33. The molecule has 2 aromatic rings. The van der Waals surface area contributed by atoms with E-state index in [1.54, 1.807) is 6.20 Å². The average molecular weight is 466 g/mol. The van der Waals surface area contributed by atoms with Crippen LogP contribution in [0, 0.1) is 0 Å². The molecule has 4 rings (SSSR count). The standard InChI is InChI=1S/C27H39N5O2/c1-4-22(5-2)31(3)24-16-17-32(19-24)23-13-10-20(11-14-23)29-27(33)30-21-12-15-26(28-18-21)34-25-8-6-7-9-25/h10-15,18,22,24-25H,4-9,16-17,19H2,1-3H3,(H2,29,30,33). The number of aromatic nitrogens is 1. The molecule has 1 aromatic carbocycles. The number of nitrogens with one attached hydrogen (secondary N) is 2. The number of urea groups is 1. The first-order chi connectivity index (χ1) is 16.6. The molecule has 2 amide bonds. The first-order valence-corrected chi connectivity index (χ1v) is 12.8. The molecule has 0 radical (unpaired) electrons. The number of amides is 2. The molecule has 184 valence electrons. The van der Waals surface area contributed by atoms with E-state index in [9.17, 15) is 4.79 Å². The predicted octanol–water partition coefficient (Wildman–Crippen LogP) is 5.75. The van der Waals surface area contributed by atoms with Crippen LogP contribution in [0.25, 0.3) is 0 Å². The summed E-state index contributed by atoms with van der Waals surface area (Å²) in [6, 6.07) is 12.7. The lowest BCUT2D eigenvalue weighted by molar-refractivity contribution is 0.175. The highest BCUT2D eigenvalue weighted by Gasteiger charge is 2.28. The number of benzene rings is 1. The lowest BCUT2D eigenvalue weighted by Gasteiger charge is -2.32. The van der Waals surface area contributed by atoms with Gasteiger partial charge >= 0.3 is 6.03 Å². The molecule has 2 aliphatic rings. The Labute approximate surface area is 203 Å². The summed E-state index contributed by atoms with van der Waals surface area (Å²) in [6.45, 7) is 6.66. The van der Waals surface area contributed by atoms with E-state index in [0.29, 0.717) is 23.7 Å². The third kappa shape index (κ3) is 6.20. The highest BCUT2D eigenvalue weighted by Crippen LogP contribution is 2.26. The van der Waals surface area contributed by atoms with Crippen LogP contribution in [0.15, 0.2) is 42.6 Å². The highest BCUT2D eigenvalue weighted by molar-refractivity contribution is 5.99. The van der Waals surface area contributed by atoms with E-state index in [1.807, 2.05) is 24.3 Å². The van der Waals surface area contributed by atoms with Gasteiger partial charge in [-0.1, -0.05) is 13.8 Å². The molecule has 0 spiro atoms. The Bertz CT molecular complexity index is 908. The molecule has 2 heterocycles. The third-order valence-corrected chi connectivity index (χ3v) is 7.33. The van der Waals surface area contributed by atoms with Gasteiger partial charge in [0.1, 0.15) is 6.10 Å². The summed E-state index contributed by atoms with van der Waals surface area (Å²) >= 11 is 0. The van der Waals surface area contributed by atoms with Gasteiger partial charge in [0.2, 0.25) is 5.88 Å². The Morgan fingerprint density at radius 1 is 1.06 bits per heavy atom. The van der Waals surface area contributed by atoms with E-state index in [4.69, 9.17) is 4.74 Å². The van der Waals surface area contributed by atoms with Gasteiger partial charge in [-0.05, 0) is 82.3 Å². The van der Waals surface area contributed by atoms with Crippen molar-refractivity contribution in [1.82, 2.24) is 9.88 Å². The molecular weight excluding hydrogens is 426 g/mol. The molecule has 1 atom stereocenters. The Morgan fingerprint density at radius 2 is 1.74 bits per heavy atom. The fourth-order valence-corrected chi connectivity index (χ4v) is 5.22. The number of hydrogen-bond donors (Lipinski definition) is 2. The minimum absolute atomic E-state index is 0.273. The van der Waals surface area contributed by atoms with Crippen molar-refractivity contribution >= 4 is 23.1 Å². The zero-order valence-electron chi connectivity index (χ0n) is 20.8. The molecule has 2 N–H and O–H groups in total. The highest BCUT2D eigenvalue weighted by atomic mass is 16.5. The molecule has 7 heteroatoms. The van der Waals surface area contributed by atoms with E-state index in [2.05, 4.69) is 58.4 Å². The summed E-state index contributed by atoms with van der Waals surface area (Å²) in [7, 11) is 2.27. The maximum absolute atomic E-state index is 12.4. The fraction of sp³-hybridized carbons (Fsp3) is 0.556. The molecule has 1 saturated carbocycles. The quantitative estimate of drug-likeness (QED) is 0.494. The SMILES string of the molecule is CCC(CC)N(C)C1CCN(c2ccc(NC(=O)Nc3ccc(OC4CCCC4)nc3)cc2)C1. The van der Waals surface area contributed by atoms with Crippen molar-refractivity contribution < 1.29 is 9.53 Å². The van der Waals surface area contributed by atoms with Crippen molar-refractivity contribution in [2.45, 2.75) is 77.0 Å². The minimum Gasteiger partial charge on any atom is -0.474 e. The number of carbonyl (C=O) groups is 1. The number of carbonyl (C=O) groups excluding carboxylic acids is 1. The molecule has 2 fully saturated rings. The number of ether oxygens (including phenoxy) is 1. The Kier molecular flexibility index (Phi) is 8.27. The monoisotopic (exact) mass is 465 g/mol. The number of likely N-dealkylation sites (N-methyl/N-ethyl adjacent to an activating group) is 1. The Morgan fingerprint density at radius 3 is 2.38 bits per heavy atom. The van der Waals surface area contributed by atoms with Gasteiger partial charge in [-0.2, -0.15) is 0 Å². The first-order valence-electron chi connectivity index (χ1n) is 12.8. The molecular formula is C27H39N5O2. The van der Waals surface area contributed by atoms with Gasteiger partial charge in [0.25, 0.3) is 0 Å². The van der Waals surface area contributed by atoms with Gasteiger partial charge in [0, 0.05) is 42.6 Å². The van der Waals surface area contributed by atoms with E-state index >= 15 is 0 Å². The van der Waals surface area contributed by atoms with Crippen molar-refractivity contribution in [3.05, 3.63) is 42.6 Å². The zero-order chi connectivity index (χ0) is 23.9. The molecule has 1 aromatic heterocycles. The summed E-state index contributed by atoms with van der Waals surface area (Å²) in [6.07, 6.45) is 10.1. The lowest BCUT2D eigenvalue weighted by Crippen LogP contribution is -2.41. The maximum Gasteiger partial charge on any atom is 0.323 e. The van der Waals surface area contributed by atoms with E-state index in [0.717, 1.165) is 31.6 Å². The van der Waals surface area contributed by atoms with Gasteiger partial charge < -0.3 is 20.3 Å². The van der Waals surface area contributed by atoms with E-state index < -0.39 is 0 Å². The summed E-state index contributed by atoms with van der Waals surface area (Å²) in [5.74, 6) is 0.615. The number of nitrogens with zero attached hydrogens (tertiary/aromatic N) is 3. The summed E-state index contributed by atoms with van der Waals surface area (Å²) in [5, 5.41) is 5.74. The smallest absolute Gasteiger partial charge is 0.323 e. The van der Waals surface area contributed by atoms with Crippen LogP contribution in [-0.2, 0) is 0 Å². The van der Waals surface area contributed by atoms with Crippen LogP contribution in [0.4, 0.5) is 21.9 Å². The number of anilines is 3. The van der Waals surface area contributed by atoms with Crippen LogP contribution in [0.5, 0.6) is 5.88 Å². The topological polar surface area (TPSA) is 69.7 Å². The van der Waals surface area contributed by atoms with Gasteiger partial charge in [-0.15, -0.1) is 0 Å². The van der Waals surface area contributed by atoms with Crippen molar-refractivity contribution in [3.63, 3.8) is 0 Å². The molecule has 1 unspecified atom stereocenters. The van der Waals surface area contributed by atoms with E-state index in [1.165, 1.54) is 37.8 Å². The van der Waals surface area contributed by atoms with Gasteiger partial charge in [0.05, 0.1) is 11.9 Å². The zero-order valence-corrected chi connectivity index (χ0v) is 20.8. The average Bonchev–Trinajstić information content (AvgIpc) is 3.54. The fourth-order valence-electron chi connectivity index (χ4n) is 5.22. The molecule has 1 saturated heterocycles. The van der Waals surface area contributed by atoms with Gasteiger partial charge in [0.15, 0.2) is 0 Å². The van der Waals surface area contributed by atoms with Crippen LogP contribution in [-0.4, -0.2) is 54.2 Å². The van der Waals surface area contributed by atoms with Gasteiger partial charge in [-0.3, -0.25) is 4.90 Å². The van der Waals surface area contributed by atoms with Crippen molar-refractivity contribution in [2.24, 2.45) is 0 Å². The molecule has 0 bridgehead atoms. The van der Waals surface area contributed by atoms with Crippen molar-refractivity contribution in [3.8, 4) is 5.88 Å². The van der Waals surface area contributed by atoms with Gasteiger partial charge in [-0.25, -0.2) is 9.78 Å². The van der Waals surface area contributed by atoms with Crippen molar-refractivity contribution in [1.29, 1.82) is 0 Å². The van der Waals surface area contributed by atoms with Crippen LogP contribution in [0.2, 0.25) is 0 Å². The number of rotatable bonds is 9. The summed E-state index contributed by atoms with van der Waals surface area (Å²) in [4.78, 5) is 21.7. The van der Waals surface area contributed by atoms with Crippen LogP contribution in [0.3, 0.4) is 0 Å². The minimum atomic E-state index is -0.285. The van der Waals surface area contributed by atoms with Crippen LogP contribution in [0.1, 0.15) is 58.8 Å².